The summed E-state index contributed by atoms with van der Waals surface area (Å²) in [5, 5.41) is 0. The number of nitrogens with zero attached hydrogens (tertiary/aromatic N) is 1. The van der Waals surface area contributed by atoms with Gasteiger partial charge in [0.2, 0.25) is 0 Å². The molecule has 1 fully saturated rings. The van der Waals surface area contributed by atoms with Gasteiger partial charge in [-0.05, 0) is 57.0 Å². The number of nitrogens with one attached hydrogen (secondary N) is 1. The van der Waals surface area contributed by atoms with E-state index in [-0.39, 0.29) is 16.8 Å². The van der Waals surface area contributed by atoms with Crippen molar-refractivity contribution >= 4 is 21.6 Å². The zero-order chi connectivity index (χ0) is 20.1. The summed E-state index contributed by atoms with van der Waals surface area (Å²) in [4.78, 5) is 15.0. The SMILES string of the molecule is CCN(C(=O)c1cccc(S(=O)(=O)Nc2ccc(C)cc2)c1)C1CCCCC1. The molecule has 0 unspecified atom stereocenters. The molecule has 150 valence electrons. The maximum absolute atomic E-state index is 13.1. The first kappa shape index (κ1) is 20.4. The van der Waals surface area contributed by atoms with Gasteiger partial charge in [0.1, 0.15) is 0 Å². The maximum atomic E-state index is 13.1. The molecule has 3 rings (SSSR count). The van der Waals surface area contributed by atoms with Crippen LogP contribution in [0.3, 0.4) is 0 Å². The molecule has 0 heterocycles. The van der Waals surface area contributed by atoms with Gasteiger partial charge in [0.25, 0.3) is 15.9 Å². The second-order valence-corrected chi connectivity index (χ2v) is 9.06. The summed E-state index contributed by atoms with van der Waals surface area (Å²) in [6, 6.07) is 13.7. The van der Waals surface area contributed by atoms with Gasteiger partial charge in [-0.3, -0.25) is 9.52 Å². The molecule has 0 spiro atoms. The van der Waals surface area contributed by atoms with Crippen molar-refractivity contribution in [3.05, 3.63) is 59.7 Å². The Morgan fingerprint density at radius 1 is 1.07 bits per heavy atom. The molecule has 28 heavy (non-hydrogen) atoms. The Hall–Kier alpha value is -2.34. The van der Waals surface area contributed by atoms with Gasteiger partial charge >= 0.3 is 0 Å². The van der Waals surface area contributed by atoms with E-state index in [1.54, 1.807) is 24.3 Å². The summed E-state index contributed by atoms with van der Waals surface area (Å²) in [5.41, 5.74) is 1.97. The number of carbonyl (C=O) groups is 1. The third-order valence-electron chi connectivity index (χ3n) is 5.31. The van der Waals surface area contributed by atoms with Crippen LogP contribution in [0.5, 0.6) is 0 Å². The number of carbonyl (C=O) groups excluding carboxylic acids is 1. The second-order valence-electron chi connectivity index (χ2n) is 7.38. The van der Waals surface area contributed by atoms with E-state index < -0.39 is 10.0 Å². The van der Waals surface area contributed by atoms with Crippen LogP contribution in [-0.4, -0.2) is 31.8 Å². The van der Waals surface area contributed by atoms with Crippen LogP contribution in [0.2, 0.25) is 0 Å². The Morgan fingerprint density at radius 2 is 1.75 bits per heavy atom. The van der Waals surface area contributed by atoms with Gasteiger partial charge < -0.3 is 4.90 Å². The Kier molecular flexibility index (Phi) is 6.39. The molecule has 0 radical (unpaired) electrons. The molecule has 2 aromatic rings. The van der Waals surface area contributed by atoms with E-state index in [0.717, 1.165) is 31.2 Å². The number of hydrogen-bond acceptors (Lipinski definition) is 3. The van der Waals surface area contributed by atoms with Crippen molar-refractivity contribution < 1.29 is 13.2 Å². The highest BCUT2D eigenvalue weighted by Crippen LogP contribution is 2.25. The average molecular weight is 401 g/mol. The topological polar surface area (TPSA) is 66.5 Å². The molecule has 0 saturated heterocycles. The smallest absolute Gasteiger partial charge is 0.261 e. The maximum Gasteiger partial charge on any atom is 0.261 e. The molecular weight excluding hydrogens is 372 g/mol. The Morgan fingerprint density at radius 3 is 2.39 bits per heavy atom. The quantitative estimate of drug-likeness (QED) is 0.771. The number of benzene rings is 2. The minimum Gasteiger partial charge on any atom is -0.336 e. The number of aryl methyl sites for hydroxylation is 1. The lowest BCUT2D eigenvalue weighted by atomic mass is 9.93. The molecule has 2 aromatic carbocycles. The number of amides is 1. The van der Waals surface area contributed by atoms with E-state index in [2.05, 4.69) is 4.72 Å². The molecule has 0 aromatic heterocycles. The molecule has 0 aliphatic heterocycles. The van der Waals surface area contributed by atoms with Crippen molar-refractivity contribution in [2.75, 3.05) is 11.3 Å². The molecule has 1 saturated carbocycles. The summed E-state index contributed by atoms with van der Waals surface area (Å²) >= 11 is 0. The van der Waals surface area contributed by atoms with Gasteiger partial charge in [-0.25, -0.2) is 8.42 Å². The fourth-order valence-electron chi connectivity index (χ4n) is 3.76. The Labute approximate surface area is 167 Å². The van der Waals surface area contributed by atoms with Gasteiger partial charge in [-0.2, -0.15) is 0 Å². The number of hydrogen-bond donors (Lipinski definition) is 1. The standard InChI is InChI=1S/C22H28N2O3S/c1-3-24(20-9-5-4-6-10-20)22(25)18-8-7-11-21(16-18)28(26,27)23-19-14-12-17(2)13-15-19/h7-8,11-16,20,23H,3-6,9-10H2,1-2H3. The van der Waals surface area contributed by atoms with Gasteiger partial charge in [-0.1, -0.05) is 43.0 Å². The second kappa shape index (κ2) is 8.78. The summed E-state index contributed by atoms with van der Waals surface area (Å²) < 4.78 is 28.1. The highest BCUT2D eigenvalue weighted by atomic mass is 32.2. The zero-order valence-corrected chi connectivity index (χ0v) is 17.3. The molecule has 0 atom stereocenters. The Balaban J connectivity index is 1.82. The van der Waals surface area contributed by atoms with Crippen LogP contribution < -0.4 is 4.72 Å². The van der Waals surface area contributed by atoms with E-state index in [0.29, 0.717) is 17.8 Å². The first-order chi connectivity index (χ1) is 13.4. The van der Waals surface area contributed by atoms with E-state index in [4.69, 9.17) is 0 Å². The summed E-state index contributed by atoms with van der Waals surface area (Å²) in [7, 11) is -3.76. The van der Waals surface area contributed by atoms with Crippen molar-refractivity contribution in [3.8, 4) is 0 Å². The molecule has 1 aliphatic rings. The van der Waals surface area contributed by atoms with Crippen LogP contribution in [0.25, 0.3) is 0 Å². The van der Waals surface area contributed by atoms with Crippen molar-refractivity contribution in [3.63, 3.8) is 0 Å². The first-order valence-corrected chi connectivity index (χ1v) is 11.4. The minimum atomic E-state index is -3.76. The fourth-order valence-corrected chi connectivity index (χ4v) is 4.86. The van der Waals surface area contributed by atoms with Crippen LogP contribution in [0.4, 0.5) is 5.69 Å². The van der Waals surface area contributed by atoms with E-state index in [1.807, 2.05) is 30.9 Å². The van der Waals surface area contributed by atoms with Crippen LogP contribution in [0.15, 0.2) is 53.4 Å². The van der Waals surface area contributed by atoms with Crippen LogP contribution >= 0.6 is 0 Å². The molecule has 1 amide bonds. The lowest BCUT2D eigenvalue weighted by Crippen LogP contribution is -2.41. The molecule has 5 nitrogen and oxygen atoms in total. The normalized spacial score (nSPS) is 15.2. The number of anilines is 1. The molecule has 0 bridgehead atoms. The molecule has 1 N–H and O–H groups in total. The monoisotopic (exact) mass is 400 g/mol. The highest BCUT2D eigenvalue weighted by molar-refractivity contribution is 7.92. The summed E-state index contributed by atoms with van der Waals surface area (Å²) in [6.07, 6.45) is 5.55. The predicted molar refractivity (Wildman–Crippen MR) is 112 cm³/mol. The highest BCUT2D eigenvalue weighted by Gasteiger charge is 2.26. The number of rotatable bonds is 6. The van der Waals surface area contributed by atoms with Crippen molar-refractivity contribution in [2.24, 2.45) is 0 Å². The fraction of sp³-hybridized carbons (Fsp3) is 0.409. The first-order valence-electron chi connectivity index (χ1n) is 9.91. The lowest BCUT2D eigenvalue weighted by Gasteiger charge is -2.33. The average Bonchev–Trinajstić information content (AvgIpc) is 2.71. The minimum absolute atomic E-state index is 0.0956. The lowest BCUT2D eigenvalue weighted by molar-refractivity contribution is 0.0647. The molecule has 1 aliphatic carbocycles. The van der Waals surface area contributed by atoms with Gasteiger partial charge in [0.05, 0.1) is 4.90 Å². The van der Waals surface area contributed by atoms with Crippen molar-refractivity contribution in [2.45, 2.75) is 56.9 Å². The van der Waals surface area contributed by atoms with E-state index >= 15 is 0 Å². The van der Waals surface area contributed by atoms with Gasteiger partial charge in [0, 0.05) is 23.8 Å². The van der Waals surface area contributed by atoms with Crippen LogP contribution in [0, 0.1) is 6.92 Å². The van der Waals surface area contributed by atoms with Crippen LogP contribution in [-0.2, 0) is 10.0 Å². The summed E-state index contributed by atoms with van der Waals surface area (Å²) in [5.74, 6) is -0.0956. The summed E-state index contributed by atoms with van der Waals surface area (Å²) in [6.45, 7) is 4.55. The zero-order valence-electron chi connectivity index (χ0n) is 16.5. The third kappa shape index (κ3) is 4.73. The van der Waals surface area contributed by atoms with Crippen LogP contribution in [0.1, 0.15) is 54.9 Å². The van der Waals surface area contributed by atoms with Gasteiger partial charge in [-0.15, -0.1) is 0 Å². The van der Waals surface area contributed by atoms with E-state index in [1.165, 1.54) is 18.6 Å². The molecule has 6 heteroatoms. The largest absolute Gasteiger partial charge is 0.336 e. The van der Waals surface area contributed by atoms with Crippen molar-refractivity contribution in [1.82, 2.24) is 4.90 Å². The predicted octanol–water partition coefficient (Wildman–Crippen LogP) is 4.59. The molecular formula is C22H28N2O3S. The van der Waals surface area contributed by atoms with Gasteiger partial charge in [0.15, 0.2) is 0 Å². The van der Waals surface area contributed by atoms with E-state index in [9.17, 15) is 13.2 Å². The third-order valence-corrected chi connectivity index (χ3v) is 6.69. The Bertz CT molecular complexity index is 917. The van der Waals surface area contributed by atoms with Crippen molar-refractivity contribution in [1.29, 1.82) is 0 Å². The number of sulfonamides is 1.